The van der Waals surface area contributed by atoms with Crippen LogP contribution in [0.2, 0.25) is 0 Å². The molecule has 1 N–H and O–H groups in total. The van der Waals surface area contributed by atoms with E-state index < -0.39 is 0 Å². The molecule has 0 bridgehead atoms. The van der Waals surface area contributed by atoms with Gasteiger partial charge in [0, 0.05) is 16.1 Å². The third kappa shape index (κ3) is 3.07. The van der Waals surface area contributed by atoms with Crippen molar-refractivity contribution in [3.63, 3.8) is 0 Å². The molecule has 2 heterocycles. The van der Waals surface area contributed by atoms with Crippen LogP contribution in [-0.2, 0) is 11.2 Å². The molecule has 2 aromatic carbocycles. The summed E-state index contributed by atoms with van der Waals surface area (Å²) in [5, 5.41) is 4.87. The number of oxazole rings is 1. The second-order valence-electron chi connectivity index (χ2n) is 5.37. The largest absolute Gasteiger partial charge is 0.436 e. The lowest BCUT2D eigenvalue weighted by Crippen LogP contribution is -2.13. The van der Waals surface area contributed by atoms with Crippen molar-refractivity contribution in [1.82, 2.24) is 4.98 Å². The Morgan fingerprint density at radius 2 is 1.88 bits per heavy atom. The lowest BCUT2D eigenvalue weighted by atomic mass is 10.2. The summed E-state index contributed by atoms with van der Waals surface area (Å²) in [6.45, 7) is 0. The Labute approximate surface area is 142 Å². The van der Waals surface area contributed by atoms with Gasteiger partial charge in [0.25, 0.3) is 0 Å². The van der Waals surface area contributed by atoms with Crippen molar-refractivity contribution < 1.29 is 9.21 Å². The first kappa shape index (κ1) is 14.7. The highest BCUT2D eigenvalue weighted by Gasteiger charge is 2.09. The number of rotatable bonds is 4. The van der Waals surface area contributed by atoms with Crippen LogP contribution in [0.5, 0.6) is 0 Å². The Balaban J connectivity index is 1.49. The van der Waals surface area contributed by atoms with Crippen LogP contribution in [0, 0.1) is 0 Å². The molecule has 0 aliphatic rings. The van der Waals surface area contributed by atoms with Gasteiger partial charge in [-0.15, -0.1) is 11.3 Å². The molecule has 0 spiro atoms. The molecule has 5 heteroatoms. The molecule has 0 aliphatic carbocycles. The van der Waals surface area contributed by atoms with Gasteiger partial charge in [0.2, 0.25) is 11.8 Å². The minimum absolute atomic E-state index is 0.0212. The number of nitrogens with zero attached hydrogens (tertiary/aromatic N) is 1. The van der Waals surface area contributed by atoms with Crippen LogP contribution in [-0.4, -0.2) is 10.9 Å². The fourth-order valence-corrected chi connectivity index (χ4v) is 3.17. The van der Waals surface area contributed by atoms with Gasteiger partial charge in [0.1, 0.15) is 5.52 Å². The Morgan fingerprint density at radius 1 is 1.04 bits per heavy atom. The number of carbonyl (C=O) groups is 1. The molecule has 0 unspecified atom stereocenters. The van der Waals surface area contributed by atoms with Crippen molar-refractivity contribution in [2.24, 2.45) is 0 Å². The van der Waals surface area contributed by atoms with Gasteiger partial charge in [-0.25, -0.2) is 4.98 Å². The molecule has 4 rings (SSSR count). The van der Waals surface area contributed by atoms with Crippen molar-refractivity contribution in [3.8, 4) is 11.5 Å². The van der Waals surface area contributed by atoms with Gasteiger partial charge in [0.15, 0.2) is 5.58 Å². The number of benzene rings is 2. The first-order chi connectivity index (χ1) is 11.8. The van der Waals surface area contributed by atoms with Gasteiger partial charge >= 0.3 is 0 Å². The lowest BCUT2D eigenvalue weighted by Gasteiger charge is -2.04. The van der Waals surface area contributed by atoms with Crippen molar-refractivity contribution >= 4 is 34.0 Å². The Kier molecular flexibility index (Phi) is 3.84. The normalized spacial score (nSPS) is 10.8. The number of fused-ring (bicyclic) bond motifs is 1. The molecule has 24 heavy (non-hydrogen) atoms. The van der Waals surface area contributed by atoms with Crippen LogP contribution in [0.25, 0.3) is 22.6 Å². The summed E-state index contributed by atoms with van der Waals surface area (Å²) < 4.78 is 5.75. The van der Waals surface area contributed by atoms with E-state index in [0.29, 0.717) is 12.3 Å². The predicted molar refractivity (Wildman–Crippen MR) is 96.1 cm³/mol. The number of thiophene rings is 1. The first-order valence-electron chi connectivity index (χ1n) is 7.56. The van der Waals surface area contributed by atoms with E-state index in [0.717, 1.165) is 27.2 Å². The summed E-state index contributed by atoms with van der Waals surface area (Å²) in [5.74, 6) is 0.555. The Morgan fingerprint density at radius 3 is 2.62 bits per heavy atom. The SMILES string of the molecule is O=C(Cc1cccs1)Nc1ccc(-c2nc3ccccc3o2)cc1. The number of hydrogen-bond acceptors (Lipinski definition) is 4. The monoisotopic (exact) mass is 334 g/mol. The highest BCUT2D eigenvalue weighted by atomic mass is 32.1. The maximum atomic E-state index is 12.0. The summed E-state index contributed by atoms with van der Waals surface area (Å²) >= 11 is 1.58. The standard InChI is InChI=1S/C19H14N2O2S/c22-18(12-15-4-3-11-24-15)20-14-9-7-13(8-10-14)19-21-16-5-1-2-6-17(16)23-19/h1-11H,12H2,(H,20,22). The highest BCUT2D eigenvalue weighted by Crippen LogP contribution is 2.25. The third-order valence-electron chi connectivity index (χ3n) is 3.62. The molecular formula is C19H14N2O2S. The maximum Gasteiger partial charge on any atom is 0.229 e. The lowest BCUT2D eigenvalue weighted by molar-refractivity contribution is -0.115. The zero-order chi connectivity index (χ0) is 16.4. The van der Waals surface area contributed by atoms with Crippen LogP contribution < -0.4 is 5.32 Å². The second-order valence-corrected chi connectivity index (χ2v) is 6.40. The molecule has 0 radical (unpaired) electrons. The molecule has 0 saturated carbocycles. The summed E-state index contributed by atoms with van der Waals surface area (Å²) in [4.78, 5) is 17.5. The molecule has 2 aromatic heterocycles. The van der Waals surface area contributed by atoms with Crippen LogP contribution in [0.1, 0.15) is 4.88 Å². The van der Waals surface area contributed by atoms with Gasteiger partial charge in [-0.1, -0.05) is 18.2 Å². The van der Waals surface area contributed by atoms with Crippen LogP contribution >= 0.6 is 11.3 Å². The van der Waals surface area contributed by atoms with E-state index in [1.54, 1.807) is 11.3 Å². The van der Waals surface area contributed by atoms with E-state index in [1.807, 2.05) is 66.0 Å². The van der Waals surface area contributed by atoms with Crippen LogP contribution in [0.4, 0.5) is 5.69 Å². The summed E-state index contributed by atoms with van der Waals surface area (Å²) in [6, 6.07) is 19.1. The van der Waals surface area contributed by atoms with E-state index in [-0.39, 0.29) is 5.91 Å². The van der Waals surface area contributed by atoms with Crippen LogP contribution in [0.3, 0.4) is 0 Å². The van der Waals surface area contributed by atoms with E-state index in [4.69, 9.17) is 4.42 Å². The average molecular weight is 334 g/mol. The summed E-state index contributed by atoms with van der Waals surface area (Å²) in [5.41, 5.74) is 3.24. The molecule has 118 valence electrons. The maximum absolute atomic E-state index is 12.0. The number of aromatic nitrogens is 1. The van der Waals surface area contributed by atoms with Crippen molar-refractivity contribution in [3.05, 3.63) is 70.9 Å². The number of para-hydroxylation sites is 2. The fourth-order valence-electron chi connectivity index (χ4n) is 2.47. The molecule has 1 amide bonds. The van der Waals surface area contributed by atoms with Gasteiger partial charge in [0.05, 0.1) is 6.42 Å². The number of amides is 1. The fraction of sp³-hybridized carbons (Fsp3) is 0.0526. The zero-order valence-corrected chi connectivity index (χ0v) is 13.5. The van der Waals surface area contributed by atoms with Crippen molar-refractivity contribution in [2.75, 3.05) is 5.32 Å². The Bertz CT molecular complexity index is 939. The van der Waals surface area contributed by atoms with Gasteiger partial charge in [-0.3, -0.25) is 4.79 Å². The number of nitrogens with one attached hydrogen (secondary N) is 1. The number of hydrogen-bond donors (Lipinski definition) is 1. The Hall–Kier alpha value is -2.92. The third-order valence-corrected chi connectivity index (χ3v) is 4.50. The molecule has 0 saturated heterocycles. The second kappa shape index (κ2) is 6.29. The highest BCUT2D eigenvalue weighted by molar-refractivity contribution is 7.10. The van der Waals surface area contributed by atoms with Crippen LogP contribution in [0.15, 0.2) is 70.5 Å². The first-order valence-corrected chi connectivity index (χ1v) is 8.44. The van der Waals surface area contributed by atoms with Gasteiger partial charge < -0.3 is 9.73 Å². The van der Waals surface area contributed by atoms with Gasteiger partial charge in [-0.05, 0) is 47.8 Å². The van der Waals surface area contributed by atoms with Crippen molar-refractivity contribution in [1.29, 1.82) is 0 Å². The molecule has 4 nitrogen and oxygen atoms in total. The average Bonchev–Trinajstić information content (AvgIpc) is 3.24. The molecule has 0 aliphatic heterocycles. The number of anilines is 1. The van der Waals surface area contributed by atoms with E-state index in [9.17, 15) is 4.79 Å². The molecule has 0 fully saturated rings. The topological polar surface area (TPSA) is 55.1 Å². The predicted octanol–water partition coefficient (Wildman–Crippen LogP) is 4.74. The van der Waals surface area contributed by atoms with Crippen molar-refractivity contribution in [2.45, 2.75) is 6.42 Å². The van der Waals surface area contributed by atoms with E-state index in [2.05, 4.69) is 10.3 Å². The minimum atomic E-state index is -0.0212. The number of carbonyl (C=O) groups excluding carboxylic acids is 1. The van der Waals surface area contributed by atoms with E-state index >= 15 is 0 Å². The minimum Gasteiger partial charge on any atom is -0.436 e. The smallest absolute Gasteiger partial charge is 0.229 e. The van der Waals surface area contributed by atoms with Gasteiger partial charge in [-0.2, -0.15) is 0 Å². The zero-order valence-electron chi connectivity index (χ0n) is 12.7. The molecular weight excluding hydrogens is 320 g/mol. The van der Waals surface area contributed by atoms with E-state index in [1.165, 1.54) is 0 Å². The summed E-state index contributed by atoms with van der Waals surface area (Å²) in [7, 11) is 0. The molecule has 0 atom stereocenters. The molecule has 4 aromatic rings. The summed E-state index contributed by atoms with van der Waals surface area (Å²) in [6.07, 6.45) is 0.393. The quantitative estimate of drug-likeness (QED) is 0.586.